The van der Waals surface area contributed by atoms with Crippen LogP contribution in [0.2, 0.25) is 0 Å². The van der Waals surface area contributed by atoms with Crippen molar-refractivity contribution in [1.82, 2.24) is 15.5 Å². The molecule has 5 nitrogen and oxygen atoms in total. The maximum Gasteiger partial charge on any atom is 0.223 e. The molecule has 2 N–H and O–H groups in total. The average molecular weight is 470 g/mol. The lowest BCUT2D eigenvalue weighted by atomic mass is 10.1. The Bertz CT molecular complexity index is 589. The Morgan fingerprint density at radius 3 is 2.46 bits per heavy atom. The van der Waals surface area contributed by atoms with Crippen molar-refractivity contribution >= 4 is 35.8 Å². The first-order chi connectivity index (χ1) is 12.3. The van der Waals surface area contributed by atoms with E-state index in [1.54, 1.807) is 0 Å². The molecule has 1 fully saturated rings. The second-order valence-corrected chi connectivity index (χ2v) is 7.01. The van der Waals surface area contributed by atoms with E-state index < -0.39 is 0 Å². The third-order valence-corrected chi connectivity index (χ3v) is 5.05. The number of guanidine groups is 1. The van der Waals surface area contributed by atoms with E-state index in [2.05, 4.69) is 34.7 Å². The minimum atomic E-state index is 0. The molecule has 0 spiro atoms. The molecule has 1 aromatic carbocycles. The average Bonchev–Trinajstić information content (AvgIpc) is 3.27. The van der Waals surface area contributed by atoms with Crippen molar-refractivity contribution in [3.8, 4) is 0 Å². The number of nitrogens with zero attached hydrogens (tertiary/aromatic N) is 2. The summed E-state index contributed by atoms with van der Waals surface area (Å²) in [6, 6.07) is 8.87. The normalized spacial score (nSPS) is 17.0. The highest BCUT2D eigenvalue weighted by atomic mass is 127. The third-order valence-electron chi connectivity index (χ3n) is 5.05. The van der Waals surface area contributed by atoms with Crippen molar-refractivity contribution in [3.05, 3.63) is 35.4 Å². The number of fused-ring (bicyclic) bond motifs is 1. The molecule has 1 aliphatic carbocycles. The van der Waals surface area contributed by atoms with E-state index in [1.165, 1.54) is 36.8 Å². The van der Waals surface area contributed by atoms with Gasteiger partial charge in [0.2, 0.25) is 5.91 Å². The summed E-state index contributed by atoms with van der Waals surface area (Å²) in [5.74, 6) is 1.13. The molecule has 2 aliphatic rings. The van der Waals surface area contributed by atoms with E-state index in [0.29, 0.717) is 19.0 Å². The highest BCUT2D eigenvalue weighted by Gasteiger charge is 2.22. The van der Waals surface area contributed by atoms with Crippen molar-refractivity contribution in [2.24, 2.45) is 4.99 Å². The van der Waals surface area contributed by atoms with E-state index in [1.807, 2.05) is 17.0 Å². The Labute approximate surface area is 174 Å². The number of nitrogens with one attached hydrogen (secondary N) is 2. The van der Waals surface area contributed by atoms with Gasteiger partial charge in [-0.3, -0.25) is 9.79 Å². The van der Waals surface area contributed by atoms with Crippen molar-refractivity contribution in [3.63, 3.8) is 0 Å². The van der Waals surface area contributed by atoms with Gasteiger partial charge in [0.05, 0.1) is 0 Å². The number of aliphatic imine (C=N–C) groups is 1. The Balaban J connectivity index is 0.00000243. The van der Waals surface area contributed by atoms with E-state index in [-0.39, 0.29) is 29.9 Å². The maximum atomic E-state index is 12.4. The summed E-state index contributed by atoms with van der Waals surface area (Å²) in [6.07, 6.45) is 6.46. The number of hydrogen-bond donors (Lipinski definition) is 2. The quantitative estimate of drug-likeness (QED) is 0.290. The number of carbonyl (C=O) groups is 1. The molecular formula is C20H31IN4O. The van der Waals surface area contributed by atoms with Crippen LogP contribution in [0.1, 0.15) is 56.6 Å². The van der Waals surface area contributed by atoms with Crippen molar-refractivity contribution in [1.29, 1.82) is 0 Å². The zero-order valence-electron chi connectivity index (χ0n) is 15.7. The lowest BCUT2D eigenvalue weighted by Gasteiger charge is -2.17. The van der Waals surface area contributed by atoms with Gasteiger partial charge >= 0.3 is 0 Å². The molecule has 1 aromatic rings. The Morgan fingerprint density at radius 1 is 1.19 bits per heavy atom. The fraction of sp³-hybridized carbons (Fsp3) is 0.600. The lowest BCUT2D eigenvalue weighted by Crippen LogP contribution is -2.42. The van der Waals surface area contributed by atoms with Gasteiger partial charge in [-0.15, -0.1) is 24.0 Å². The van der Waals surface area contributed by atoms with Crippen molar-refractivity contribution in [2.75, 3.05) is 13.1 Å². The second-order valence-electron chi connectivity index (χ2n) is 7.01. The fourth-order valence-corrected chi connectivity index (χ4v) is 3.67. The Kier molecular flexibility index (Phi) is 8.68. The topological polar surface area (TPSA) is 56.7 Å². The molecule has 1 amide bonds. The van der Waals surface area contributed by atoms with E-state index in [4.69, 9.17) is 0 Å². The highest BCUT2D eigenvalue weighted by Crippen LogP contribution is 2.23. The van der Waals surface area contributed by atoms with E-state index in [9.17, 15) is 4.79 Å². The molecule has 0 saturated heterocycles. The molecule has 3 rings (SSSR count). The van der Waals surface area contributed by atoms with Crippen LogP contribution in [-0.4, -0.2) is 35.9 Å². The Morgan fingerprint density at radius 2 is 1.85 bits per heavy atom. The molecule has 1 aliphatic heterocycles. The summed E-state index contributed by atoms with van der Waals surface area (Å²) >= 11 is 0. The number of carbonyl (C=O) groups excluding carboxylic acids is 1. The molecule has 26 heavy (non-hydrogen) atoms. The molecule has 0 atom stereocenters. The van der Waals surface area contributed by atoms with Crippen LogP contribution in [0.3, 0.4) is 0 Å². The molecule has 1 heterocycles. The molecule has 0 bridgehead atoms. The van der Waals surface area contributed by atoms with Crippen LogP contribution in [0.15, 0.2) is 29.3 Å². The van der Waals surface area contributed by atoms with Gasteiger partial charge < -0.3 is 15.5 Å². The molecule has 6 heteroatoms. The summed E-state index contributed by atoms with van der Waals surface area (Å²) in [6.45, 7) is 5.15. The predicted molar refractivity (Wildman–Crippen MR) is 117 cm³/mol. The first-order valence-corrected chi connectivity index (χ1v) is 9.65. The zero-order valence-corrected chi connectivity index (χ0v) is 18.0. The summed E-state index contributed by atoms with van der Waals surface area (Å²) in [5, 5.41) is 6.82. The SMILES string of the molecule is CCNC(=NCCCC(=O)N1Cc2ccccc2C1)NC1CCCC1.I. The van der Waals surface area contributed by atoms with Gasteiger partial charge in [-0.1, -0.05) is 37.1 Å². The van der Waals surface area contributed by atoms with Gasteiger partial charge in [-0.25, -0.2) is 0 Å². The number of halogens is 1. The summed E-state index contributed by atoms with van der Waals surface area (Å²) in [7, 11) is 0. The minimum Gasteiger partial charge on any atom is -0.357 e. The summed E-state index contributed by atoms with van der Waals surface area (Å²) in [4.78, 5) is 19.0. The number of hydrogen-bond acceptors (Lipinski definition) is 2. The molecule has 0 unspecified atom stereocenters. The van der Waals surface area contributed by atoms with Crippen LogP contribution in [0.4, 0.5) is 0 Å². The monoisotopic (exact) mass is 470 g/mol. The van der Waals surface area contributed by atoms with E-state index >= 15 is 0 Å². The smallest absolute Gasteiger partial charge is 0.223 e. The second kappa shape index (κ2) is 10.7. The molecule has 1 saturated carbocycles. The van der Waals surface area contributed by atoms with Gasteiger partial charge in [-0.05, 0) is 37.3 Å². The predicted octanol–water partition coefficient (Wildman–Crippen LogP) is 3.42. The highest BCUT2D eigenvalue weighted by molar-refractivity contribution is 14.0. The van der Waals surface area contributed by atoms with Crippen LogP contribution in [0.25, 0.3) is 0 Å². The van der Waals surface area contributed by atoms with Crippen LogP contribution in [0.5, 0.6) is 0 Å². The van der Waals surface area contributed by atoms with Crippen LogP contribution in [-0.2, 0) is 17.9 Å². The largest absolute Gasteiger partial charge is 0.357 e. The van der Waals surface area contributed by atoms with Crippen LogP contribution in [0, 0.1) is 0 Å². The van der Waals surface area contributed by atoms with Gasteiger partial charge in [-0.2, -0.15) is 0 Å². The lowest BCUT2D eigenvalue weighted by molar-refractivity contribution is -0.131. The van der Waals surface area contributed by atoms with Gasteiger partial charge in [0.25, 0.3) is 0 Å². The van der Waals surface area contributed by atoms with Gasteiger partial charge in [0, 0.05) is 38.6 Å². The summed E-state index contributed by atoms with van der Waals surface area (Å²) < 4.78 is 0. The molecular weight excluding hydrogens is 439 g/mol. The van der Waals surface area contributed by atoms with Crippen LogP contribution < -0.4 is 10.6 Å². The third kappa shape index (κ3) is 5.86. The first-order valence-electron chi connectivity index (χ1n) is 9.65. The standard InChI is InChI=1S/C20H30N4O.HI/c1-2-21-20(23-18-10-5-6-11-18)22-13-7-12-19(25)24-14-16-8-3-4-9-17(16)15-24;/h3-4,8-9,18H,2,5-7,10-15H2,1H3,(H2,21,22,23);1H. The van der Waals surface area contributed by atoms with Crippen LogP contribution >= 0.6 is 24.0 Å². The summed E-state index contributed by atoms with van der Waals surface area (Å²) in [5.41, 5.74) is 2.56. The van der Waals surface area contributed by atoms with Crippen molar-refractivity contribution in [2.45, 2.75) is 64.6 Å². The maximum absolute atomic E-state index is 12.4. The number of benzene rings is 1. The molecule has 0 radical (unpaired) electrons. The van der Waals surface area contributed by atoms with Crippen molar-refractivity contribution < 1.29 is 4.79 Å². The zero-order chi connectivity index (χ0) is 17.5. The molecule has 0 aromatic heterocycles. The first kappa shape index (κ1) is 21.0. The minimum absolute atomic E-state index is 0. The fourth-order valence-electron chi connectivity index (χ4n) is 3.67. The van der Waals surface area contributed by atoms with Gasteiger partial charge in [0.1, 0.15) is 0 Å². The Hall–Kier alpha value is -1.31. The van der Waals surface area contributed by atoms with E-state index in [0.717, 1.165) is 32.0 Å². The van der Waals surface area contributed by atoms with Gasteiger partial charge in [0.15, 0.2) is 5.96 Å². The molecule has 144 valence electrons. The number of amides is 1. The number of rotatable bonds is 6.